The summed E-state index contributed by atoms with van der Waals surface area (Å²) in [6, 6.07) is 6.17. The maximum absolute atomic E-state index is 4.32. The normalized spacial score (nSPS) is 17.6. The molecular weight excluding hydrogens is 334 g/mol. The Morgan fingerprint density at radius 1 is 1.19 bits per heavy atom. The molecule has 3 heterocycles. The zero-order chi connectivity index (χ0) is 19.1. The Morgan fingerprint density at radius 3 is 2.59 bits per heavy atom. The number of aromatic nitrogens is 2. The molecule has 2 aliphatic heterocycles. The summed E-state index contributed by atoms with van der Waals surface area (Å²) in [7, 11) is 0. The minimum atomic E-state index is 0.783. The highest BCUT2D eigenvalue weighted by molar-refractivity contribution is 5.74. The smallest absolute Gasteiger partial charge is 0.0890 e. The summed E-state index contributed by atoms with van der Waals surface area (Å²) >= 11 is 0. The van der Waals surface area contributed by atoms with Gasteiger partial charge in [0.2, 0.25) is 0 Å². The Balaban J connectivity index is 0.000000221. The van der Waals surface area contributed by atoms with Gasteiger partial charge in [0.05, 0.1) is 16.7 Å². The Hall–Kier alpha value is -2.40. The van der Waals surface area contributed by atoms with E-state index in [9.17, 15) is 0 Å². The van der Waals surface area contributed by atoms with Crippen LogP contribution < -0.4 is 16.0 Å². The van der Waals surface area contributed by atoms with Crippen molar-refractivity contribution in [3.05, 3.63) is 59.7 Å². The van der Waals surface area contributed by atoms with Crippen molar-refractivity contribution in [2.75, 3.05) is 19.6 Å². The van der Waals surface area contributed by atoms with E-state index >= 15 is 0 Å². The second-order valence-corrected chi connectivity index (χ2v) is 7.39. The van der Waals surface area contributed by atoms with Crippen molar-refractivity contribution >= 4 is 11.0 Å². The molecule has 5 heteroatoms. The summed E-state index contributed by atoms with van der Waals surface area (Å²) in [6.07, 6.45) is 8.98. The van der Waals surface area contributed by atoms with Gasteiger partial charge in [-0.3, -0.25) is 9.97 Å². The monoisotopic (exact) mass is 365 g/mol. The van der Waals surface area contributed by atoms with E-state index in [2.05, 4.69) is 64.9 Å². The Morgan fingerprint density at radius 2 is 1.96 bits per heavy atom. The minimum absolute atomic E-state index is 0.783. The Kier molecular flexibility index (Phi) is 6.82. The van der Waals surface area contributed by atoms with Gasteiger partial charge in [0.15, 0.2) is 0 Å². The van der Waals surface area contributed by atoms with E-state index in [-0.39, 0.29) is 0 Å². The van der Waals surface area contributed by atoms with Crippen LogP contribution in [0, 0.1) is 11.8 Å². The van der Waals surface area contributed by atoms with Crippen LogP contribution in [0.4, 0.5) is 0 Å². The second kappa shape index (κ2) is 9.51. The van der Waals surface area contributed by atoms with Crippen LogP contribution in [0.3, 0.4) is 0 Å². The zero-order valence-electron chi connectivity index (χ0n) is 16.6. The van der Waals surface area contributed by atoms with Gasteiger partial charge in [-0.1, -0.05) is 32.4 Å². The van der Waals surface area contributed by atoms with E-state index in [4.69, 9.17) is 0 Å². The van der Waals surface area contributed by atoms with Crippen LogP contribution in [0.5, 0.6) is 0 Å². The van der Waals surface area contributed by atoms with Crippen LogP contribution in [0.1, 0.15) is 32.8 Å². The Labute approximate surface area is 162 Å². The average Bonchev–Trinajstić information content (AvgIpc) is 2.66. The van der Waals surface area contributed by atoms with Gasteiger partial charge in [0.25, 0.3) is 0 Å². The van der Waals surface area contributed by atoms with Gasteiger partial charge < -0.3 is 16.0 Å². The lowest BCUT2D eigenvalue weighted by Gasteiger charge is -2.31. The number of nitrogens with zero attached hydrogens (tertiary/aromatic N) is 2. The number of allylic oxidation sites excluding steroid dienone is 1. The summed E-state index contributed by atoms with van der Waals surface area (Å²) < 4.78 is 0. The molecule has 27 heavy (non-hydrogen) atoms. The zero-order valence-corrected chi connectivity index (χ0v) is 16.6. The molecule has 0 aliphatic carbocycles. The lowest BCUT2D eigenvalue weighted by Crippen LogP contribution is -2.45. The fraction of sp³-hybridized carbons (Fsp3) is 0.455. The molecule has 0 saturated carbocycles. The second-order valence-electron chi connectivity index (χ2n) is 7.39. The first kappa shape index (κ1) is 19.4. The minimum Gasteiger partial charge on any atom is -0.386 e. The third kappa shape index (κ3) is 5.30. The molecule has 4 rings (SSSR count). The first-order chi connectivity index (χ1) is 13.2. The van der Waals surface area contributed by atoms with E-state index in [1.807, 2.05) is 12.3 Å². The first-order valence-corrected chi connectivity index (χ1v) is 9.92. The number of hydrogen-bond acceptors (Lipinski definition) is 5. The first-order valence-electron chi connectivity index (χ1n) is 9.92. The molecule has 1 unspecified atom stereocenters. The number of nitrogens with one attached hydrogen (secondary N) is 3. The molecule has 0 amide bonds. The number of rotatable bonds is 5. The molecule has 144 valence electrons. The van der Waals surface area contributed by atoms with E-state index in [1.165, 1.54) is 30.6 Å². The summed E-state index contributed by atoms with van der Waals surface area (Å²) in [5, 5.41) is 9.92. The van der Waals surface area contributed by atoms with E-state index in [0.717, 1.165) is 41.7 Å². The molecule has 2 aromatic rings. The third-order valence-electron chi connectivity index (χ3n) is 5.48. The largest absolute Gasteiger partial charge is 0.386 e. The van der Waals surface area contributed by atoms with Crippen molar-refractivity contribution in [1.29, 1.82) is 0 Å². The summed E-state index contributed by atoms with van der Waals surface area (Å²) in [6.45, 7) is 10.9. The van der Waals surface area contributed by atoms with Crippen LogP contribution in [-0.4, -0.2) is 29.6 Å². The molecular formula is C22H31N5. The van der Waals surface area contributed by atoms with Gasteiger partial charge in [-0.2, -0.15) is 0 Å². The third-order valence-corrected chi connectivity index (χ3v) is 5.48. The molecule has 0 spiro atoms. The van der Waals surface area contributed by atoms with Crippen molar-refractivity contribution < 1.29 is 0 Å². The molecule has 1 fully saturated rings. The predicted molar refractivity (Wildman–Crippen MR) is 112 cm³/mol. The van der Waals surface area contributed by atoms with Crippen molar-refractivity contribution in [3.63, 3.8) is 0 Å². The van der Waals surface area contributed by atoms with Gasteiger partial charge in [0.1, 0.15) is 0 Å². The predicted octanol–water partition coefficient (Wildman–Crippen LogP) is 3.36. The van der Waals surface area contributed by atoms with Gasteiger partial charge in [-0.05, 0) is 55.1 Å². The number of benzene rings is 1. The maximum Gasteiger partial charge on any atom is 0.0890 e. The lowest BCUT2D eigenvalue weighted by atomic mass is 9.87. The molecule has 2 aliphatic rings. The van der Waals surface area contributed by atoms with Gasteiger partial charge in [0, 0.05) is 31.7 Å². The number of fused-ring (bicyclic) bond motifs is 1. The molecule has 0 bridgehead atoms. The quantitative estimate of drug-likeness (QED) is 0.758. The topological polar surface area (TPSA) is 61.9 Å². The molecule has 5 nitrogen and oxygen atoms in total. The van der Waals surface area contributed by atoms with Crippen molar-refractivity contribution in [3.8, 4) is 0 Å². The molecule has 1 aromatic carbocycles. The molecule has 1 aromatic heterocycles. The lowest BCUT2D eigenvalue weighted by molar-refractivity contribution is 0.244. The van der Waals surface area contributed by atoms with Gasteiger partial charge in [-0.15, -0.1) is 0 Å². The standard InChI is InChI=1S/C15H16N4.C7H15N/c1-11-4-5-16-10-15(11)19-9-12-2-3-13-14(8-12)18-7-6-17-13;1-3-6(2)7-4-8-5-7/h2-4,6-8,10,16,19H,5,9H2,1H3;6-8H,3-5H2,1-2H3. The van der Waals surface area contributed by atoms with Crippen molar-refractivity contribution in [2.45, 2.75) is 33.7 Å². The van der Waals surface area contributed by atoms with Gasteiger partial charge in [-0.25, -0.2) is 0 Å². The highest BCUT2D eigenvalue weighted by atomic mass is 15.0. The highest BCUT2D eigenvalue weighted by Gasteiger charge is 2.21. The van der Waals surface area contributed by atoms with E-state index in [0.29, 0.717) is 0 Å². The Bertz CT molecular complexity index is 804. The fourth-order valence-corrected chi connectivity index (χ4v) is 3.15. The summed E-state index contributed by atoms with van der Waals surface area (Å²) in [5.41, 5.74) is 5.49. The number of hydrogen-bond donors (Lipinski definition) is 3. The van der Waals surface area contributed by atoms with Crippen LogP contribution >= 0.6 is 0 Å². The highest BCUT2D eigenvalue weighted by Crippen LogP contribution is 2.18. The maximum atomic E-state index is 4.32. The molecule has 0 radical (unpaired) electrons. The van der Waals surface area contributed by atoms with E-state index < -0.39 is 0 Å². The van der Waals surface area contributed by atoms with Crippen LogP contribution in [-0.2, 0) is 6.54 Å². The molecule has 3 N–H and O–H groups in total. The van der Waals surface area contributed by atoms with Gasteiger partial charge >= 0.3 is 0 Å². The number of dihydropyridines is 1. The van der Waals surface area contributed by atoms with Crippen LogP contribution in [0.2, 0.25) is 0 Å². The summed E-state index contributed by atoms with van der Waals surface area (Å²) in [5.74, 6) is 1.93. The SMILES string of the molecule is CC1=CCNC=C1NCc1ccc2nccnc2c1.CCC(C)C1CNC1. The fourth-order valence-electron chi connectivity index (χ4n) is 3.15. The van der Waals surface area contributed by atoms with Crippen LogP contribution in [0.15, 0.2) is 54.1 Å². The van der Waals surface area contributed by atoms with Crippen molar-refractivity contribution in [1.82, 2.24) is 25.9 Å². The molecule has 1 saturated heterocycles. The van der Waals surface area contributed by atoms with Crippen molar-refractivity contribution in [2.24, 2.45) is 11.8 Å². The average molecular weight is 366 g/mol. The summed E-state index contributed by atoms with van der Waals surface area (Å²) in [4.78, 5) is 8.59. The van der Waals surface area contributed by atoms with E-state index in [1.54, 1.807) is 12.4 Å². The molecule has 1 atom stereocenters. The van der Waals surface area contributed by atoms with Crippen LogP contribution in [0.25, 0.3) is 11.0 Å².